The minimum Gasteiger partial charge on any atom is -0.389 e. The highest BCUT2D eigenvalue weighted by Gasteiger charge is 2.31. The average Bonchev–Trinajstić information content (AvgIpc) is 2.96. The molecule has 2 aromatic rings. The highest BCUT2D eigenvalue weighted by molar-refractivity contribution is 5.60. The van der Waals surface area contributed by atoms with Crippen LogP contribution in [-0.4, -0.2) is 41.6 Å². The number of alkyl halides is 3. The van der Waals surface area contributed by atoms with Crippen molar-refractivity contribution in [2.24, 2.45) is 0 Å². The van der Waals surface area contributed by atoms with E-state index in [-0.39, 0.29) is 13.1 Å². The molecule has 0 aliphatic heterocycles. The molecule has 0 amide bonds. The van der Waals surface area contributed by atoms with Crippen molar-refractivity contribution in [3.63, 3.8) is 0 Å². The summed E-state index contributed by atoms with van der Waals surface area (Å²) in [6, 6.07) is 5.46. The summed E-state index contributed by atoms with van der Waals surface area (Å²) in [4.78, 5) is 1.60. The minimum atomic E-state index is -4.42. The first-order chi connectivity index (χ1) is 10.8. The molecule has 1 aromatic heterocycles. The number of aromatic nitrogens is 2. The molecule has 1 unspecified atom stereocenters. The van der Waals surface area contributed by atoms with Gasteiger partial charge in [0, 0.05) is 44.4 Å². The second-order valence-electron chi connectivity index (χ2n) is 5.42. The van der Waals surface area contributed by atoms with Gasteiger partial charge in [-0.2, -0.15) is 18.3 Å². The Hall–Kier alpha value is -2.22. The number of anilines is 2. The summed E-state index contributed by atoms with van der Waals surface area (Å²) in [5, 5.41) is 16.7. The van der Waals surface area contributed by atoms with Gasteiger partial charge in [-0.05, 0) is 24.3 Å². The van der Waals surface area contributed by atoms with Crippen LogP contribution in [0.1, 0.15) is 5.56 Å². The first-order valence-electron chi connectivity index (χ1n) is 7.04. The quantitative estimate of drug-likeness (QED) is 0.855. The Labute approximate surface area is 132 Å². The maximum atomic E-state index is 13.0. The average molecular weight is 328 g/mol. The van der Waals surface area contributed by atoms with Gasteiger partial charge in [-0.15, -0.1) is 0 Å². The van der Waals surface area contributed by atoms with E-state index in [1.165, 1.54) is 0 Å². The lowest BCUT2D eigenvalue weighted by atomic mass is 10.1. The fourth-order valence-electron chi connectivity index (χ4n) is 2.06. The largest absolute Gasteiger partial charge is 0.416 e. The van der Waals surface area contributed by atoms with Gasteiger partial charge in [0.05, 0.1) is 18.2 Å². The number of benzene rings is 1. The third kappa shape index (κ3) is 4.88. The lowest BCUT2D eigenvalue weighted by Gasteiger charge is -2.19. The molecular formula is C15H19F3N4O. The molecule has 0 bridgehead atoms. The Bertz CT molecular complexity index is 626. The third-order valence-corrected chi connectivity index (χ3v) is 3.26. The molecule has 5 nitrogen and oxygen atoms in total. The first kappa shape index (κ1) is 17.1. The minimum absolute atomic E-state index is 0.119. The standard InChI is InChI=1S/C15H19F3N4O/c1-21(2)13-7-11(15(16,17)18)6-12(8-13)19-9-14(23)10-22-5-3-4-20-22/h3-8,14,19,23H,9-10H2,1-2H3. The van der Waals surface area contributed by atoms with Crippen LogP contribution in [0.25, 0.3) is 0 Å². The Kier molecular flexibility index (Phi) is 5.15. The summed E-state index contributed by atoms with van der Waals surface area (Å²) in [6.07, 6.45) is -1.89. The molecule has 0 saturated heterocycles. The predicted molar refractivity (Wildman–Crippen MR) is 82.5 cm³/mol. The summed E-state index contributed by atoms with van der Waals surface area (Å²) < 4.78 is 40.4. The van der Waals surface area contributed by atoms with Crippen LogP contribution in [0.2, 0.25) is 0 Å². The SMILES string of the molecule is CN(C)c1cc(NCC(O)Cn2cccn2)cc(C(F)(F)F)c1. The molecule has 8 heteroatoms. The van der Waals surface area contributed by atoms with Crippen LogP contribution in [0.15, 0.2) is 36.7 Å². The summed E-state index contributed by atoms with van der Waals surface area (Å²) in [6.45, 7) is 0.382. The van der Waals surface area contributed by atoms with Crippen LogP contribution in [0, 0.1) is 0 Å². The molecule has 0 spiro atoms. The van der Waals surface area contributed by atoms with Gasteiger partial charge >= 0.3 is 6.18 Å². The van der Waals surface area contributed by atoms with Crippen LogP contribution in [0.5, 0.6) is 0 Å². The Balaban J connectivity index is 2.07. The number of nitrogens with zero attached hydrogens (tertiary/aromatic N) is 3. The van der Waals surface area contributed by atoms with Crippen molar-refractivity contribution in [2.75, 3.05) is 30.9 Å². The van der Waals surface area contributed by atoms with E-state index < -0.39 is 17.8 Å². The summed E-state index contributed by atoms with van der Waals surface area (Å²) in [7, 11) is 3.34. The predicted octanol–water partition coefficient (Wildman–Crippen LogP) is 2.44. The molecule has 0 fully saturated rings. The van der Waals surface area contributed by atoms with Crippen molar-refractivity contribution in [1.29, 1.82) is 0 Å². The summed E-state index contributed by atoms with van der Waals surface area (Å²) in [5.74, 6) is 0. The van der Waals surface area contributed by atoms with Gasteiger partial charge in [0.2, 0.25) is 0 Å². The van der Waals surface area contributed by atoms with Gasteiger partial charge in [-0.25, -0.2) is 0 Å². The summed E-state index contributed by atoms with van der Waals surface area (Å²) >= 11 is 0. The Morgan fingerprint density at radius 1 is 1.30 bits per heavy atom. The van der Waals surface area contributed by atoms with Crippen LogP contribution < -0.4 is 10.2 Å². The smallest absolute Gasteiger partial charge is 0.389 e. The van der Waals surface area contributed by atoms with E-state index in [1.54, 1.807) is 48.2 Å². The van der Waals surface area contributed by atoms with Crippen LogP contribution in [-0.2, 0) is 12.7 Å². The van der Waals surface area contributed by atoms with Crippen LogP contribution in [0.4, 0.5) is 24.5 Å². The molecule has 2 N–H and O–H groups in total. The molecule has 2 rings (SSSR count). The molecule has 0 radical (unpaired) electrons. The summed E-state index contributed by atoms with van der Waals surface area (Å²) in [5.41, 5.74) is 0.0136. The van der Waals surface area contributed by atoms with E-state index in [0.717, 1.165) is 12.1 Å². The molecule has 0 aliphatic rings. The number of rotatable bonds is 6. The topological polar surface area (TPSA) is 53.3 Å². The van der Waals surface area contributed by atoms with Crippen molar-refractivity contribution in [3.8, 4) is 0 Å². The number of hydrogen-bond acceptors (Lipinski definition) is 4. The third-order valence-electron chi connectivity index (χ3n) is 3.26. The lowest BCUT2D eigenvalue weighted by Crippen LogP contribution is -2.25. The number of hydrogen-bond donors (Lipinski definition) is 2. The second-order valence-corrected chi connectivity index (χ2v) is 5.42. The molecular weight excluding hydrogens is 309 g/mol. The van der Waals surface area contributed by atoms with Crippen molar-refractivity contribution in [3.05, 3.63) is 42.2 Å². The van der Waals surface area contributed by atoms with E-state index in [0.29, 0.717) is 11.4 Å². The van der Waals surface area contributed by atoms with Gasteiger partial charge in [-0.1, -0.05) is 0 Å². The fourth-order valence-corrected chi connectivity index (χ4v) is 2.06. The lowest BCUT2D eigenvalue weighted by molar-refractivity contribution is -0.137. The van der Waals surface area contributed by atoms with E-state index in [9.17, 15) is 18.3 Å². The second kappa shape index (κ2) is 6.91. The molecule has 0 aliphatic carbocycles. The molecule has 0 saturated carbocycles. The number of halogens is 3. The van der Waals surface area contributed by atoms with Gasteiger partial charge in [0.15, 0.2) is 0 Å². The van der Waals surface area contributed by atoms with Crippen LogP contribution in [0.3, 0.4) is 0 Å². The van der Waals surface area contributed by atoms with Gasteiger partial charge in [-0.3, -0.25) is 4.68 Å². The zero-order chi connectivity index (χ0) is 17.0. The highest BCUT2D eigenvalue weighted by atomic mass is 19.4. The van der Waals surface area contributed by atoms with E-state index in [4.69, 9.17) is 0 Å². The Morgan fingerprint density at radius 2 is 2.04 bits per heavy atom. The molecule has 1 aromatic carbocycles. The van der Waals surface area contributed by atoms with Crippen molar-refractivity contribution >= 4 is 11.4 Å². The zero-order valence-corrected chi connectivity index (χ0v) is 12.9. The molecule has 126 valence electrons. The normalized spacial score (nSPS) is 13.0. The monoisotopic (exact) mass is 328 g/mol. The maximum Gasteiger partial charge on any atom is 0.416 e. The van der Waals surface area contributed by atoms with Crippen LogP contribution >= 0.6 is 0 Å². The molecule has 1 atom stereocenters. The van der Waals surface area contributed by atoms with E-state index in [2.05, 4.69) is 10.4 Å². The Morgan fingerprint density at radius 3 is 2.61 bits per heavy atom. The van der Waals surface area contributed by atoms with Gasteiger partial charge < -0.3 is 15.3 Å². The number of aliphatic hydroxyl groups is 1. The highest BCUT2D eigenvalue weighted by Crippen LogP contribution is 2.34. The van der Waals surface area contributed by atoms with Crippen molar-refractivity contribution in [2.45, 2.75) is 18.8 Å². The van der Waals surface area contributed by atoms with E-state index in [1.807, 2.05) is 0 Å². The number of nitrogens with one attached hydrogen (secondary N) is 1. The first-order valence-corrected chi connectivity index (χ1v) is 7.04. The number of aliphatic hydroxyl groups excluding tert-OH is 1. The molecule has 1 heterocycles. The zero-order valence-electron chi connectivity index (χ0n) is 12.9. The van der Waals surface area contributed by atoms with E-state index >= 15 is 0 Å². The maximum absolute atomic E-state index is 13.0. The molecule has 23 heavy (non-hydrogen) atoms. The van der Waals surface area contributed by atoms with Gasteiger partial charge in [0.25, 0.3) is 0 Å². The fraction of sp³-hybridized carbons (Fsp3) is 0.400. The van der Waals surface area contributed by atoms with Gasteiger partial charge in [0.1, 0.15) is 0 Å². The van der Waals surface area contributed by atoms with Crippen molar-refractivity contribution < 1.29 is 18.3 Å². The van der Waals surface area contributed by atoms with Crippen molar-refractivity contribution in [1.82, 2.24) is 9.78 Å².